The lowest BCUT2D eigenvalue weighted by atomic mass is 10.1. The summed E-state index contributed by atoms with van der Waals surface area (Å²) in [6.07, 6.45) is 0.700. The van der Waals surface area contributed by atoms with Gasteiger partial charge >= 0.3 is 0 Å². The van der Waals surface area contributed by atoms with E-state index in [1.54, 1.807) is 18.2 Å². The highest BCUT2D eigenvalue weighted by atomic mass is 32.2. The van der Waals surface area contributed by atoms with Gasteiger partial charge in [-0.1, -0.05) is 12.1 Å². The van der Waals surface area contributed by atoms with Crippen molar-refractivity contribution in [3.8, 4) is 11.5 Å². The Morgan fingerprint density at radius 1 is 0.903 bits per heavy atom. The number of amides is 1. The lowest BCUT2D eigenvalue weighted by Gasteiger charge is -2.14. The van der Waals surface area contributed by atoms with Crippen LogP contribution in [0.2, 0.25) is 0 Å². The molecule has 31 heavy (non-hydrogen) atoms. The van der Waals surface area contributed by atoms with Gasteiger partial charge in [0.1, 0.15) is 5.82 Å². The number of hydrogen-bond acceptors (Lipinski definition) is 5. The van der Waals surface area contributed by atoms with E-state index in [1.807, 2.05) is 0 Å². The van der Waals surface area contributed by atoms with Crippen molar-refractivity contribution in [1.82, 2.24) is 0 Å². The molecule has 7 nitrogen and oxygen atoms in total. The Labute approximate surface area is 178 Å². The molecule has 1 aliphatic heterocycles. The number of ether oxygens (including phenoxy) is 2. The second-order valence-electron chi connectivity index (χ2n) is 6.77. The lowest BCUT2D eigenvalue weighted by molar-refractivity contribution is 0.102. The lowest BCUT2D eigenvalue weighted by Crippen LogP contribution is -2.18. The summed E-state index contributed by atoms with van der Waals surface area (Å²) in [4.78, 5) is 12.7. The van der Waals surface area contributed by atoms with Crippen LogP contribution < -0.4 is 19.5 Å². The van der Waals surface area contributed by atoms with E-state index in [0.29, 0.717) is 36.8 Å². The van der Waals surface area contributed by atoms with Crippen molar-refractivity contribution >= 4 is 27.3 Å². The Hall–Kier alpha value is -3.59. The van der Waals surface area contributed by atoms with Gasteiger partial charge in [-0.3, -0.25) is 9.52 Å². The van der Waals surface area contributed by atoms with Gasteiger partial charge in [0.25, 0.3) is 15.9 Å². The summed E-state index contributed by atoms with van der Waals surface area (Å²) in [5.74, 6) is -0.136. The summed E-state index contributed by atoms with van der Waals surface area (Å²) in [6, 6.07) is 15.8. The van der Waals surface area contributed by atoms with E-state index in [2.05, 4.69) is 10.0 Å². The Morgan fingerprint density at radius 2 is 1.61 bits per heavy atom. The number of anilines is 2. The molecule has 1 amide bonds. The zero-order valence-electron chi connectivity index (χ0n) is 16.3. The molecular weight excluding hydrogens is 423 g/mol. The molecule has 3 aromatic carbocycles. The number of sulfonamides is 1. The molecule has 0 unspecified atom stereocenters. The average molecular weight is 442 g/mol. The molecule has 1 aliphatic rings. The number of rotatable bonds is 5. The van der Waals surface area contributed by atoms with Crippen LogP contribution in [-0.4, -0.2) is 27.5 Å². The first-order chi connectivity index (χ1) is 14.9. The average Bonchev–Trinajstić information content (AvgIpc) is 3.00. The van der Waals surface area contributed by atoms with Gasteiger partial charge in [0.05, 0.1) is 29.4 Å². The van der Waals surface area contributed by atoms with Gasteiger partial charge in [-0.25, -0.2) is 12.8 Å². The maximum atomic E-state index is 13.1. The maximum absolute atomic E-state index is 13.1. The molecule has 0 fully saturated rings. The van der Waals surface area contributed by atoms with Crippen molar-refractivity contribution in [1.29, 1.82) is 0 Å². The van der Waals surface area contributed by atoms with Gasteiger partial charge in [0, 0.05) is 18.2 Å². The SMILES string of the molecule is O=C(Nc1ccc(F)cc1)c1ccccc1NS(=O)(=O)c1ccc2c(c1)OCCCO2. The Bertz CT molecular complexity index is 1210. The highest BCUT2D eigenvalue weighted by Gasteiger charge is 2.21. The van der Waals surface area contributed by atoms with Crippen LogP contribution in [-0.2, 0) is 10.0 Å². The van der Waals surface area contributed by atoms with E-state index in [4.69, 9.17) is 9.47 Å². The van der Waals surface area contributed by atoms with E-state index in [9.17, 15) is 17.6 Å². The van der Waals surface area contributed by atoms with Gasteiger partial charge in [-0.2, -0.15) is 0 Å². The van der Waals surface area contributed by atoms with Crippen LogP contribution >= 0.6 is 0 Å². The van der Waals surface area contributed by atoms with E-state index in [-0.39, 0.29) is 16.1 Å². The number of carbonyl (C=O) groups excluding carboxylic acids is 1. The smallest absolute Gasteiger partial charge is 0.262 e. The molecule has 0 radical (unpaired) electrons. The number of fused-ring (bicyclic) bond motifs is 1. The monoisotopic (exact) mass is 442 g/mol. The standard InChI is InChI=1S/C22H19FN2O5S/c23-15-6-8-16(9-7-15)24-22(26)18-4-1-2-5-19(18)25-31(27,28)17-10-11-20-21(14-17)30-13-3-12-29-20/h1-2,4-11,14,25H,3,12-13H2,(H,24,26). The van der Waals surface area contributed by atoms with Gasteiger partial charge in [-0.05, 0) is 48.5 Å². The molecule has 3 aromatic rings. The van der Waals surface area contributed by atoms with Crippen LogP contribution in [0.5, 0.6) is 11.5 Å². The summed E-state index contributed by atoms with van der Waals surface area (Å²) < 4.78 is 52.6. The van der Waals surface area contributed by atoms with Crippen molar-refractivity contribution in [3.63, 3.8) is 0 Å². The van der Waals surface area contributed by atoms with Crippen LogP contribution in [0.15, 0.2) is 71.6 Å². The Balaban J connectivity index is 1.58. The maximum Gasteiger partial charge on any atom is 0.262 e. The fraction of sp³-hybridized carbons (Fsp3) is 0.136. The quantitative estimate of drug-likeness (QED) is 0.622. The molecule has 0 spiro atoms. The number of carbonyl (C=O) groups is 1. The molecule has 0 aliphatic carbocycles. The Kier molecular flexibility index (Phi) is 5.77. The summed E-state index contributed by atoms with van der Waals surface area (Å²) in [7, 11) is -4.01. The van der Waals surface area contributed by atoms with Crippen molar-refractivity contribution in [2.24, 2.45) is 0 Å². The molecule has 0 atom stereocenters. The number of hydrogen-bond donors (Lipinski definition) is 2. The zero-order valence-corrected chi connectivity index (χ0v) is 17.1. The van der Waals surface area contributed by atoms with Crippen LogP contribution in [0.25, 0.3) is 0 Å². The molecule has 0 saturated heterocycles. The minimum absolute atomic E-state index is 0.0227. The number of benzene rings is 3. The van der Waals surface area contributed by atoms with E-state index in [0.717, 1.165) is 0 Å². The minimum Gasteiger partial charge on any atom is -0.490 e. The van der Waals surface area contributed by atoms with Gasteiger partial charge < -0.3 is 14.8 Å². The molecular formula is C22H19FN2O5S. The fourth-order valence-corrected chi connectivity index (χ4v) is 4.11. The molecule has 0 bridgehead atoms. The third kappa shape index (κ3) is 4.77. The summed E-state index contributed by atoms with van der Waals surface area (Å²) >= 11 is 0. The molecule has 160 valence electrons. The molecule has 4 rings (SSSR count). The third-order valence-corrected chi connectivity index (χ3v) is 5.91. The Morgan fingerprint density at radius 3 is 2.39 bits per heavy atom. The highest BCUT2D eigenvalue weighted by molar-refractivity contribution is 7.92. The van der Waals surface area contributed by atoms with Crippen LogP contribution in [0.3, 0.4) is 0 Å². The minimum atomic E-state index is -4.01. The third-order valence-electron chi connectivity index (χ3n) is 4.55. The van der Waals surface area contributed by atoms with E-state index < -0.39 is 21.7 Å². The fourth-order valence-electron chi connectivity index (χ4n) is 3.02. The van der Waals surface area contributed by atoms with Crippen LogP contribution in [0.4, 0.5) is 15.8 Å². The summed E-state index contributed by atoms with van der Waals surface area (Å²) in [5.41, 5.74) is 0.603. The predicted molar refractivity (Wildman–Crippen MR) is 114 cm³/mol. The second-order valence-corrected chi connectivity index (χ2v) is 8.45. The van der Waals surface area contributed by atoms with E-state index in [1.165, 1.54) is 48.5 Å². The predicted octanol–water partition coefficient (Wildman–Crippen LogP) is 4.04. The van der Waals surface area contributed by atoms with Gasteiger partial charge in [0.2, 0.25) is 0 Å². The van der Waals surface area contributed by atoms with E-state index >= 15 is 0 Å². The molecule has 9 heteroatoms. The number of para-hydroxylation sites is 1. The van der Waals surface area contributed by atoms with Gasteiger partial charge in [0.15, 0.2) is 11.5 Å². The largest absolute Gasteiger partial charge is 0.490 e. The summed E-state index contributed by atoms with van der Waals surface area (Å²) in [6.45, 7) is 0.921. The molecule has 2 N–H and O–H groups in total. The van der Waals surface area contributed by atoms with Crippen molar-refractivity contribution in [2.45, 2.75) is 11.3 Å². The zero-order chi connectivity index (χ0) is 21.8. The second kappa shape index (κ2) is 8.65. The topological polar surface area (TPSA) is 93.7 Å². The number of nitrogens with one attached hydrogen (secondary N) is 2. The normalized spacial score (nSPS) is 13.2. The first-order valence-electron chi connectivity index (χ1n) is 9.51. The van der Waals surface area contributed by atoms with Crippen molar-refractivity contribution < 1.29 is 27.1 Å². The first kappa shape index (κ1) is 20.7. The molecule has 0 aromatic heterocycles. The first-order valence-corrected chi connectivity index (χ1v) is 11.0. The van der Waals surface area contributed by atoms with Crippen molar-refractivity contribution in [3.05, 3.63) is 78.1 Å². The highest BCUT2D eigenvalue weighted by Crippen LogP contribution is 2.32. The van der Waals surface area contributed by atoms with Crippen LogP contribution in [0.1, 0.15) is 16.8 Å². The molecule has 0 saturated carbocycles. The van der Waals surface area contributed by atoms with Crippen molar-refractivity contribution in [2.75, 3.05) is 23.3 Å². The van der Waals surface area contributed by atoms with Crippen LogP contribution in [0, 0.1) is 5.82 Å². The molecule has 1 heterocycles. The summed E-state index contributed by atoms with van der Waals surface area (Å²) in [5, 5.41) is 2.62. The number of halogens is 1. The van der Waals surface area contributed by atoms with Gasteiger partial charge in [-0.15, -0.1) is 0 Å².